The molecular weight excluding hydrogens is 634 g/mol. The van der Waals surface area contributed by atoms with Gasteiger partial charge in [-0.2, -0.15) is 0 Å². The van der Waals surface area contributed by atoms with Gasteiger partial charge in [0.2, 0.25) is 0 Å². The van der Waals surface area contributed by atoms with E-state index >= 15 is 0 Å². The highest BCUT2D eigenvalue weighted by atomic mass is 35.5. The number of halogens is 1. The second-order valence-electron chi connectivity index (χ2n) is 13.6. The average molecular weight is 678 g/mol. The molecule has 2 aliphatic carbocycles. The summed E-state index contributed by atoms with van der Waals surface area (Å²) in [7, 11) is 1.43. The zero-order chi connectivity index (χ0) is 32.4. The maximum atomic E-state index is 12.6. The van der Waals surface area contributed by atoms with Crippen LogP contribution in [0.4, 0.5) is 5.69 Å². The molecular formula is C37H44ClN3O5S. The number of thioether (sulfide) groups is 1. The fraction of sp³-hybridized carbons (Fsp3) is 0.541. The lowest BCUT2D eigenvalue weighted by Gasteiger charge is -2.48. The number of anilines is 1. The van der Waals surface area contributed by atoms with Crippen molar-refractivity contribution in [2.45, 2.75) is 79.9 Å². The summed E-state index contributed by atoms with van der Waals surface area (Å²) in [5, 5.41) is 1.83. The molecule has 0 N–H and O–H groups in total. The van der Waals surface area contributed by atoms with Gasteiger partial charge in [-0.3, -0.25) is 0 Å². The third-order valence-corrected chi connectivity index (χ3v) is 11.7. The minimum Gasteiger partial charge on any atom is -0.490 e. The molecule has 1 saturated heterocycles. The van der Waals surface area contributed by atoms with E-state index < -0.39 is 0 Å². The van der Waals surface area contributed by atoms with Crippen molar-refractivity contribution in [3.8, 4) is 5.75 Å². The van der Waals surface area contributed by atoms with Crippen LogP contribution < -0.4 is 9.64 Å². The average Bonchev–Trinajstić information content (AvgIpc) is 3.22. The Bertz CT molecular complexity index is 1560. The molecule has 1 spiro atoms. The van der Waals surface area contributed by atoms with Gasteiger partial charge in [-0.05, 0) is 97.9 Å². The van der Waals surface area contributed by atoms with Crippen LogP contribution in [0.5, 0.6) is 5.75 Å². The molecule has 2 fully saturated rings. The molecule has 0 amide bonds. The maximum Gasteiger partial charge on any atom is 0.337 e. The highest BCUT2D eigenvalue weighted by Gasteiger charge is 2.45. The normalized spacial score (nSPS) is 27.5. The fourth-order valence-corrected chi connectivity index (χ4v) is 8.97. The number of hydrogen-bond acceptors (Lipinski definition) is 9. The highest BCUT2D eigenvalue weighted by Crippen LogP contribution is 2.47. The molecule has 7 rings (SSSR count). The number of nitrogens with zero attached hydrogens (tertiary/aromatic N) is 3. The van der Waals surface area contributed by atoms with Crippen LogP contribution in [0.2, 0.25) is 5.02 Å². The maximum absolute atomic E-state index is 12.6. The first-order valence-electron chi connectivity index (χ1n) is 17.0. The number of ether oxygens (including phenoxy) is 4. The fourth-order valence-electron chi connectivity index (χ4n) is 8.03. The van der Waals surface area contributed by atoms with Crippen LogP contribution in [-0.2, 0) is 26.0 Å². The SMILES string of the molecule is COC(=O)c1ccc2c(c1)N(C[C@@H]1CC[C@H]1[C@H]1C[C@@H](OC[C@H](C)Sc3ncccn3)CCO1)C[C@@]1(CCCc3cc(Cl)ccc31)CO2. The number of carbonyl (C=O) groups excluding carboxylic acids is 1. The van der Waals surface area contributed by atoms with E-state index in [9.17, 15) is 4.79 Å². The highest BCUT2D eigenvalue weighted by molar-refractivity contribution is 7.99. The number of benzene rings is 2. The molecule has 3 aromatic rings. The number of carbonyl (C=O) groups is 1. The lowest BCUT2D eigenvalue weighted by atomic mass is 9.67. The van der Waals surface area contributed by atoms with E-state index in [0.717, 1.165) is 86.3 Å². The first-order valence-corrected chi connectivity index (χ1v) is 18.2. The lowest BCUT2D eigenvalue weighted by molar-refractivity contribution is -0.116. The summed E-state index contributed by atoms with van der Waals surface area (Å²) in [5.41, 5.74) is 4.00. The second kappa shape index (κ2) is 14.3. The van der Waals surface area contributed by atoms with Crippen LogP contribution in [0.1, 0.15) is 66.9 Å². The zero-order valence-electron chi connectivity index (χ0n) is 27.2. The number of esters is 1. The lowest BCUT2D eigenvalue weighted by Crippen LogP contribution is -2.50. The predicted octanol–water partition coefficient (Wildman–Crippen LogP) is 7.16. The van der Waals surface area contributed by atoms with Crippen LogP contribution in [-0.4, -0.2) is 73.4 Å². The monoisotopic (exact) mass is 677 g/mol. The third kappa shape index (κ3) is 7.14. The van der Waals surface area contributed by atoms with E-state index in [2.05, 4.69) is 33.9 Å². The van der Waals surface area contributed by atoms with E-state index in [1.165, 1.54) is 18.2 Å². The number of hydrogen-bond donors (Lipinski definition) is 0. The van der Waals surface area contributed by atoms with Gasteiger partial charge < -0.3 is 23.8 Å². The quantitative estimate of drug-likeness (QED) is 0.133. The van der Waals surface area contributed by atoms with Crippen molar-refractivity contribution in [1.29, 1.82) is 0 Å². The Hall–Kier alpha value is -2.85. The molecule has 8 nitrogen and oxygen atoms in total. The number of methoxy groups -OCH3 is 1. The van der Waals surface area contributed by atoms with Crippen LogP contribution in [0, 0.1) is 11.8 Å². The molecule has 3 heterocycles. The van der Waals surface area contributed by atoms with Crippen molar-refractivity contribution in [2.75, 3.05) is 44.9 Å². The first kappa shape index (κ1) is 32.7. The van der Waals surface area contributed by atoms with Gasteiger partial charge in [0.25, 0.3) is 0 Å². The van der Waals surface area contributed by atoms with E-state index in [4.69, 9.17) is 30.5 Å². The molecule has 0 radical (unpaired) electrons. The van der Waals surface area contributed by atoms with Gasteiger partial charge in [-0.15, -0.1) is 0 Å². The van der Waals surface area contributed by atoms with Gasteiger partial charge in [-0.1, -0.05) is 36.4 Å². The number of fused-ring (bicyclic) bond motifs is 3. The number of rotatable bonds is 9. The summed E-state index contributed by atoms with van der Waals surface area (Å²) in [4.78, 5) is 23.8. The number of aromatic nitrogens is 2. The molecule has 10 heteroatoms. The van der Waals surface area contributed by atoms with Crippen LogP contribution >= 0.6 is 23.4 Å². The van der Waals surface area contributed by atoms with Crippen molar-refractivity contribution in [2.24, 2.45) is 11.8 Å². The second-order valence-corrected chi connectivity index (χ2v) is 15.5. The van der Waals surface area contributed by atoms with E-state index in [-0.39, 0.29) is 28.8 Å². The van der Waals surface area contributed by atoms with Crippen molar-refractivity contribution in [3.05, 3.63) is 76.6 Å². The van der Waals surface area contributed by atoms with Crippen molar-refractivity contribution in [3.63, 3.8) is 0 Å². The Balaban J connectivity index is 1.07. The Morgan fingerprint density at radius 1 is 1.17 bits per heavy atom. The van der Waals surface area contributed by atoms with Crippen LogP contribution in [0.25, 0.3) is 0 Å². The standard InChI is InChI=1S/C37H44ClN3O5S/c1-24(47-36-39-14-4-15-40-36)21-45-29-12-16-44-34(19-29)30-9-6-27(30)20-41-22-37(13-3-5-25-17-28(38)8-10-31(25)37)23-46-33-11-7-26(18-32(33)41)35(42)43-2/h4,7-8,10-11,14-15,17-18,24,27,29-30,34H,3,5-6,9,12-13,16,19-23H2,1-2H3/t24-,27-,29-,30+,34+,37-/m0/s1. The van der Waals surface area contributed by atoms with Crippen molar-refractivity contribution in [1.82, 2.24) is 9.97 Å². The molecule has 47 heavy (non-hydrogen) atoms. The van der Waals surface area contributed by atoms with Crippen molar-refractivity contribution >= 4 is 35.0 Å². The minimum absolute atomic E-state index is 0.165. The van der Waals surface area contributed by atoms with Gasteiger partial charge in [0.15, 0.2) is 5.16 Å². The van der Waals surface area contributed by atoms with E-state index in [1.807, 2.05) is 30.3 Å². The molecule has 2 aromatic carbocycles. The molecule has 2 aliphatic heterocycles. The van der Waals surface area contributed by atoms with Gasteiger partial charge in [0.1, 0.15) is 5.75 Å². The molecule has 250 valence electrons. The van der Waals surface area contributed by atoms with Gasteiger partial charge in [0, 0.05) is 54.2 Å². The Morgan fingerprint density at radius 2 is 2.04 bits per heavy atom. The summed E-state index contributed by atoms with van der Waals surface area (Å²) < 4.78 is 24.6. The third-order valence-electron chi connectivity index (χ3n) is 10.5. The molecule has 1 saturated carbocycles. The van der Waals surface area contributed by atoms with Gasteiger partial charge >= 0.3 is 5.97 Å². The Morgan fingerprint density at radius 3 is 2.85 bits per heavy atom. The largest absolute Gasteiger partial charge is 0.490 e. The molecule has 0 bridgehead atoms. The summed E-state index contributed by atoms with van der Waals surface area (Å²) in [6.07, 6.45) is 11.3. The van der Waals surface area contributed by atoms with E-state index in [1.54, 1.807) is 24.2 Å². The summed E-state index contributed by atoms with van der Waals surface area (Å²) >= 11 is 8.10. The zero-order valence-corrected chi connectivity index (χ0v) is 28.8. The van der Waals surface area contributed by atoms with Gasteiger partial charge in [0.05, 0.1) is 43.8 Å². The summed E-state index contributed by atoms with van der Waals surface area (Å²) in [6.45, 7) is 5.85. The topological polar surface area (TPSA) is 83.0 Å². The first-order chi connectivity index (χ1) is 22.9. The Labute approximate surface area is 286 Å². The molecule has 0 unspecified atom stereocenters. The van der Waals surface area contributed by atoms with Gasteiger partial charge in [-0.25, -0.2) is 14.8 Å². The Kier molecular flexibility index (Phi) is 9.96. The summed E-state index contributed by atoms with van der Waals surface area (Å²) in [6, 6.07) is 13.9. The number of aryl methyl sites for hydroxylation is 1. The van der Waals surface area contributed by atoms with Crippen LogP contribution in [0.15, 0.2) is 60.0 Å². The minimum atomic E-state index is -0.337. The summed E-state index contributed by atoms with van der Waals surface area (Å²) in [5.74, 6) is 1.43. The molecule has 6 atom stereocenters. The molecule has 4 aliphatic rings. The van der Waals surface area contributed by atoms with Crippen LogP contribution in [0.3, 0.4) is 0 Å². The van der Waals surface area contributed by atoms with E-state index in [0.29, 0.717) is 30.6 Å². The predicted molar refractivity (Wildman–Crippen MR) is 184 cm³/mol. The van der Waals surface area contributed by atoms with Crippen molar-refractivity contribution < 1.29 is 23.7 Å². The smallest absolute Gasteiger partial charge is 0.337 e. The molecule has 1 aromatic heterocycles.